The molecule has 0 bridgehead atoms. The number of aliphatic hydroxyl groups is 1. The zero-order chi connectivity index (χ0) is 10.3. The molecule has 78 valence electrons. The molecule has 0 aliphatic heterocycles. The van der Waals surface area contributed by atoms with E-state index in [1.54, 1.807) is 7.11 Å². The summed E-state index contributed by atoms with van der Waals surface area (Å²) in [6, 6.07) is 0. The number of methoxy groups -OCH3 is 1. The summed E-state index contributed by atoms with van der Waals surface area (Å²) in [5.74, 6) is 0. The van der Waals surface area contributed by atoms with Gasteiger partial charge in [-0.15, -0.1) is 6.58 Å². The van der Waals surface area contributed by atoms with Crippen LogP contribution in [0.4, 0.5) is 0 Å². The quantitative estimate of drug-likeness (QED) is 0.489. The predicted octanol–water partition coefficient (Wildman–Crippen LogP) is 2.52. The second kappa shape index (κ2) is 6.17. The molecule has 0 aliphatic rings. The number of rotatable bonds is 7. The van der Waals surface area contributed by atoms with E-state index in [0.29, 0.717) is 0 Å². The summed E-state index contributed by atoms with van der Waals surface area (Å²) in [5.41, 5.74) is -0.388. The first-order chi connectivity index (χ1) is 6.10. The Bertz CT molecular complexity index is 139. The molecular formula is C11H22O2. The lowest BCUT2D eigenvalue weighted by Crippen LogP contribution is -2.40. The second-order valence-electron chi connectivity index (χ2n) is 3.61. The van der Waals surface area contributed by atoms with Crippen LogP contribution in [0.1, 0.15) is 39.5 Å². The average molecular weight is 186 g/mol. The number of ether oxygens (including phenoxy) is 1. The minimum atomic E-state index is -0.388. The summed E-state index contributed by atoms with van der Waals surface area (Å²) in [6.07, 6.45) is 5.05. The highest BCUT2D eigenvalue weighted by Crippen LogP contribution is 2.22. The molecular weight excluding hydrogens is 164 g/mol. The summed E-state index contributed by atoms with van der Waals surface area (Å²) in [5, 5.41) is 9.84. The third kappa shape index (κ3) is 3.92. The molecule has 0 amide bonds. The van der Waals surface area contributed by atoms with Crippen LogP contribution in [0, 0.1) is 0 Å². The molecule has 0 aromatic heterocycles. The van der Waals surface area contributed by atoms with Crippen molar-refractivity contribution in [3.63, 3.8) is 0 Å². The zero-order valence-corrected chi connectivity index (χ0v) is 9.05. The van der Waals surface area contributed by atoms with Gasteiger partial charge < -0.3 is 9.84 Å². The highest BCUT2D eigenvalue weighted by Gasteiger charge is 2.30. The first-order valence-corrected chi connectivity index (χ1v) is 4.94. The van der Waals surface area contributed by atoms with Crippen molar-refractivity contribution in [1.29, 1.82) is 0 Å². The van der Waals surface area contributed by atoms with Crippen LogP contribution >= 0.6 is 0 Å². The Labute approximate surface area is 81.6 Å². The topological polar surface area (TPSA) is 29.5 Å². The summed E-state index contributed by atoms with van der Waals surface area (Å²) < 4.78 is 5.30. The van der Waals surface area contributed by atoms with Crippen molar-refractivity contribution in [2.24, 2.45) is 0 Å². The van der Waals surface area contributed by atoms with Gasteiger partial charge >= 0.3 is 0 Å². The van der Waals surface area contributed by atoms with Crippen LogP contribution in [0.3, 0.4) is 0 Å². The van der Waals surface area contributed by atoms with Gasteiger partial charge in [-0.3, -0.25) is 0 Å². The Kier molecular flexibility index (Phi) is 6.00. The first kappa shape index (κ1) is 12.7. The zero-order valence-electron chi connectivity index (χ0n) is 9.05. The van der Waals surface area contributed by atoms with Crippen LogP contribution in [-0.2, 0) is 4.74 Å². The van der Waals surface area contributed by atoms with Crippen LogP contribution in [0.25, 0.3) is 0 Å². The summed E-state index contributed by atoms with van der Waals surface area (Å²) in [4.78, 5) is 0. The van der Waals surface area contributed by atoms with E-state index in [2.05, 4.69) is 6.58 Å². The monoisotopic (exact) mass is 186 g/mol. The molecule has 0 aliphatic carbocycles. The fraction of sp³-hybridized carbons (Fsp3) is 0.818. The van der Waals surface area contributed by atoms with Crippen molar-refractivity contribution in [3.05, 3.63) is 12.7 Å². The van der Waals surface area contributed by atoms with E-state index in [-0.39, 0.29) is 11.7 Å². The molecule has 0 aromatic carbocycles. The molecule has 1 N–H and O–H groups in total. The molecule has 2 atom stereocenters. The van der Waals surface area contributed by atoms with Gasteiger partial charge in [0.15, 0.2) is 0 Å². The molecule has 0 saturated heterocycles. The first-order valence-electron chi connectivity index (χ1n) is 4.94. The summed E-state index contributed by atoms with van der Waals surface area (Å²) >= 11 is 0. The van der Waals surface area contributed by atoms with Gasteiger partial charge in [0.25, 0.3) is 0 Å². The number of allylic oxidation sites excluding steroid dienone is 1. The van der Waals surface area contributed by atoms with Crippen molar-refractivity contribution < 1.29 is 9.84 Å². The van der Waals surface area contributed by atoms with Gasteiger partial charge in [0, 0.05) is 7.11 Å². The van der Waals surface area contributed by atoms with Crippen molar-refractivity contribution in [1.82, 2.24) is 0 Å². The number of hydrogen-bond donors (Lipinski definition) is 1. The van der Waals surface area contributed by atoms with E-state index in [0.717, 1.165) is 25.7 Å². The van der Waals surface area contributed by atoms with Crippen LogP contribution in [-0.4, -0.2) is 23.9 Å². The minimum absolute atomic E-state index is 0.373. The Morgan fingerprint density at radius 3 is 2.62 bits per heavy atom. The maximum atomic E-state index is 9.84. The minimum Gasteiger partial charge on any atom is -0.390 e. The Morgan fingerprint density at radius 1 is 1.62 bits per heavy atom. The van der Waals surface area contributed by atoms with Gasteiger partial charge in [0.1, 0.15) is 0 Å². The molecule has 2 unspecified atom stereocenters. The van der Waals surface area contributed by atoms with E-state index >= 15 is 0 Å². The third-order valence-corrected chi connectivity index (χ3v) is 2.76. The molecule has 2 heteroatoms. The molecule has 0 saturated carbocycles. The van der Waals surface area contributed by atoms with Crippen molar-refractivity contribution >= 4 is 0 Å². The Balaban J connectivity index is 3.90. The normalized spacial score (nSPS) is 17.8. The lowest BCUT2D eigenvalue weighted by molar-refractivity contribution is -0.0951. The maximum absolute atomic E-state index is 9.84. The molecule has 2 nitrogen and oxygen atoms in total. The van der Waals surface area contributed by atoms with Gasteiger partial charge in [0.2, 0.25) is 0 Å². The molecule has 0 spiro atoms. The van der Waals surface area contributed by atoms with E-state index in [4.69, 9.17) is 4.74 Å². The Morgan fingerprint density at radius 2 is 2.23 bits per heavy atom. The van der Waals surface area contributed by atoms with Gasteiger partial charge in [-0.05, 0) is 32.6 Å². The molecule has 13 heavy (non-hydrogen) atoms. The maximum Gasteiger partial charge on any atom is 0.0905 e. The van der Waals surface area contributed by atoms with Crippen molar-refractivity contribution in [3.8, 4) is 0 Å². The second-order valence-corrected chi connectivity index (χ2v) is 3.61. The van der Waals surface area contributed by atoms with Crippen LogP contribution in [0.2, 0.25) is 0 Å². The standard InChI is InChI=1S/C11H22O2/c1-5-7-8-9-10(12)11(3,6-2)13-4/h5,10,12H,1,6-9H2,2-4H3. The molecule has 0 heterocycles. The highest BCUT2D eigenvalue weighted by molar-refractivity contribution is 4.82. The SMILES string of the molecule is C=CCCCC(O)C(C)(CC)OC. The molecule has 0 aromatic rings. The Hall–Kier alpha value is -0.340. The smallest absolute Gasteiger partial charge is 0.0905 e. The van der Waals surface area contributed by atoms with E-state index in [1.807, 2.05) is 19.9 Å². The van der Waals surface area contributed by atoms with Gasteiger partial charge in [-0.2, -0.15) is 0 Å². The average Bonchev–Trinajstić information content (AvgIpc) is 2.17. The number of aliphatic hydroxyl groups excluding tert-OH is 1. The molecule has 0 rings (SSSR count). The lowest BCUT2D eigenvalue weighted by atomic mass is 9.92. The van der Waals surface area contributed by atoms with Gasteiger partial charge in [0.05, 0.1) is 11.7 Å². The van der Waals surface area contributed by atoms with E-state index < -0.39 is 0 Å². The van der Waals surface area contributed by atoms with Gasteiger partial charge in [-0.25, -0.2) is 0 Å². The van der Waals surface area contributed by atoms with Crippen LogP contribution in [0.5, 0.6) is 0 Å². The lowest BCUT2D eigenvalue weighted by Gasteiger charge is -2.32. The van der Waals surface area contributed by atoms with Crippen LogP contribution < -0.4 is 0 Å². The van der Waals surface area contributed by atoms with Crippen molar-refractivity contribution in [2.75, 3.05) is 7.11 Å². The van der Waals surface area contributed by atoms with Crippen molar-refractivity contribution in [2.45, 2.75) is 51.2 Å². The third-order valence-electron chi connectivity index (χ3n) is 2.76. The molecule has 0 fully saturated rings. The summed E-state index contributed by atoms with van der Waals surface area (Å²) in [6.45, 7) is 7.63. The van der Waals surface area contributed by atoms with Gasteiger partial charge in [-0.1, -0.05) is 13.0 Å². The number of unbranched alkanes of at least 4 members (excludes halogenated alkanes) is 1. The molecule has 0 radical (unpaired) electrons. The van der Waals surface area contributed by atoms with E-state index in [1.165, 1.54) is 0 Å². The predicted molar refractivity (Wildman–Crippen MR) is 55.8 cm³/mol. The van der Waals surface area contributed by atoms with Crippen LogP contribution in [0.15, 0.2) is 12.7 Å². The fourth-order valence-electron chi connectivity index (χ4n) is 1.28. The van der Waals surface area contributed by atoms with E-state index in [9.17, 15) is 5.11 Å². The largest absolute Gasteiger partial charge is 0.390 e. The highest BCUT2D eigenvalue weighted by atomic mass is 16.5. The fourth-order valence-corrected chi connectivity index (χ4v) is 1.28. The number of hydrogen-bond acceptors (Lipinski definition) is 2. The summed E-state index contributed by atoms with van der Waals surface area (Å²) in [7, 11) is 1.65.